The largest absolute Gasteiger partial charge is 0.460 e. The number of alkyl halides is 13. The molecule has 0 aliphatic rings. The second-order valence-corrected chi connectivity index (χ2v) is 8.36. The molecule has 0 aromatic carbocycles. The van der Waals surface area contributed by atoms with Gasteiger partial charge in [0.2, 0.25) is 0 Å². The maximum atomic E-state index is 13.8. The summed E-state index contributed by atoms with van der Waals surface area (Å²) in [5.41, 5.74) is -2.02. The first-order chi connectivity index (χ1) is 11.2. The van der Waals surface area contributed by atoms with E-state index in [-0.39, 0.29) is 21.2 Å². The average Bonchev–Trinajstić information content (AvgIpc) is 2.76. The van der Waals surface area contributed by atoms with Crippen LogP contribution in [0.2, 0.25) is 0 Å². The standard InChI is InChI=1S/C10HBr2F13S/c11-3-1-2(4(12)26-3)5(13,14)6(15,16)7(17,18)8(19,20)9(21,22)10(23,24)25/h1H. The van der Waals surface area contributed by atoms with Gasteiger partial charge in [-0.1, -0.05) is 0 Å². The van der Waals surface area contributed by atoms with Gasteiger partial charge in [-0.25, -0.2) is 0 Å². The lowest BCUT2D eigenvalue weighted by molar-refractivity contribution is -0.441. The lowest BCUT2D eigenvalue weighted by Crippen LogP contribution is -2.69. The fourth-order valence-electron chi connectivity index (χ4n) is 1.49. The van der Waals surface area contributed by atoms with E-state index >= 15 is 0 Å². The van der Waals surface area contributed by atoms with Crippen LogP contribution in [-0.2, 0) is 5.92 Å². The Morgan fingerprint density at radius 3 is 1.31 bits per heavy atom. The van der Waals surface area contributed by atoms with Crippen LogP contribution in [-0.4, -0.2) is 29.9 Å². The van der Waals surface area contributed by atoms with Crippen molar-refractivity contribution in [2.75, 3.05) is 0 Å². The van der Waals surface area contributed by atoms with Crippen molar-refractivity contribution in [3.05, 3.63) is 19.2 Å². The van der Waals surface area contributed by atoms with Crippen LogP contribution in [0.3, 0.4) is 0 Å². The van der Waals surface area contributed by atoms with E-state index in [4.69, 9.17) is 0 Å². The van der Waals surface area contributed by atoms with Crippen LogP contribution in [0.25, 0.3) is 0 Å². The molecule has 1 aromatic heterocycles. The molecule has 0 saturated carbocycles. The van der Waals surface area contributed by atoms with E-state index in [0.29, 0.717) is 0 Å². The van der Waals surface area contributed by atoms with E-state index in [9.17, 15) is 57.1 Å². The molecule has 0 N–H and O–H groups in total. The summed E-state index contributed by atoms with van der Waals surface area (Å²) < 4.78 is 167. The zero-order valence-electron chi connectivity index (χ0n) is 11.2. The molecular weight excluding hydrogens is 559 g/mol. The van der Waals surface area contributed by atoms with Crippen molar-refractivity contribution < 1.29 is 57.1 Å². The summed E-state index contributed by atoms with van der Waals surface area (Å²) in [6.07, 6.45) is -7.42. The quantitative estimate of drug-likeness (QED) is 0.328. The van der Waals surface area contributed by atoms with Crippen LogP contribution < -0.4 is 0 Å². The molecule has 1 heterocycles. The van der Waals surface area contributed by atoms with E-state index < -0.39 is 45.1 Å². The minimum absolute atomic E-state index is 0.0821. The molecule has 0 fully saturated rings. The molecule has 1 rings (SSSR count). The number of hydrogen-bond acceptors (Lipinski definition) is 1. The minimum atomic E-state index is -7.90. The molecular formula is C10HBr2F13S. The van der Waals surface area contributed by atoms with Gasteiger partial charge in [-0.3, -0.25) is 0 Å². The Balaban J connectivity index is 3.60. The van der Waals surface area contributed by atoms with E-state index in [2.05, 4.69) is 31.9 Å². The lowest BCUT2D eigenvalue weighted by Gasteiger charge is -2.39. The second-order valence-electron chi connectivity index (χ2n) is 4.61. The van der Waals surface area contributed by atoms with Crippen LogP contribution in [0.1, 0.15) is 5.56 Å². The van der Waals surface area contributed by atoms with Gasteiger partial charge in [0, 0.05) is 0 Å². The van der Waals surface area contributed by atoms with Gasteiger partial charge in [-0.05, 0) is 37.9 Å². The predicted octanol–water partition coefficient (Wildman–Crippen LogP) is 7.47. The SMILES string of the molecule is FC(F)(F)C(F)(F)C(F)(F)C(F)(F)C(F)(F)C(F)(F)c1cc(Br)sc1Br. The highest BCUT2D eigenvalue weighted by atomic mass is 79.9. The minimum Gasteiger partial charge on any atom is -0.194 e. The normalized spacial score (nSPS) is 15.5. The molecule has 0 radical (unpaired) electrons. The Kier molecular flexibility index (Phi) is 5.84. The molecule has 0 aliphatic heterocycles. The van der Waals surface area contributed by atoms with Crippen molar-refractivity contribution >= 4 is 43.2 Å². The van der Waals surface area contributed by atoms with Gasteiger partial charge in [-0.15, -0.1) is 11.3 Å². The maximum absolute atomic E-state index is 13.8. The van der Waals surface area contributed by atoms with Gasteiger partial charge >= 0.3 is 35.8 Å². The van der Waals surface area contributed by atoms with Crippen molar-refractivity contribution in [2.24, 2.45) is 0 Å². The first-order valence-electron chi connectivity index (χ1n) is 5.57. The topological polar surface area (TPSA) is 0 Å². The molecule has 0 amide bonds. The van der Waals surface area contributed by atoms with Gasteiger partial charge in [0.05, 0.1) is 13.1 Å². The molecule has 0 aliphatic carbocycles. The van der Waals surface area contributed by atoms with Crippen molar-refractivity contribution in [1.29, 1.82) is 0 Å². The maximum Gasteiger partial charge on any atom is 0.460 e. The molecule has 152 valence electrons. The Morgan fingerprint density at radius 1 is 0.615 bits per heavy atom. The molecule has 26 heavy (non-hydrogen) atoms. The van der Waals surface area contributed by atoms with Crippen LogP contribution in [0.5, 0.6) is 0 Å². The highest BCUT2D eigenvalue weighted by Crippen LogP contribution is 2.62. The van der Waals surface area contributed by atoms with E-state index in [1.807, 2.05) is 0 Å². The molecule has 0 atom stereocenters. The summed E-state index contributed by atoms with van der Waals surface area (Å²) in [6.45, 7) is 0. The van der Waals surface area contributed by atoms with Crippen LogP contribution >= 0.6 is 43.2 Å². The highest BCUT2D eigenvalue weighted by molar-refractivity contribution is 9.12. The Morgan fingerprint density at radius 2 is 1.00 bits per heavy atom. The highest BCUT2D eigenvalue weighted by Gasteiger charge is 2.91. The molecule has 16 heteroatoms. The summed E-state index contributed by atoms with van der Waals surface area (Å²) in [5.74, 6) is -37.0. The van der Waals surface area contributed by atoms with Gasteiger partial charge < -0.3 is 0 Å². The number of halogens is 15. The van der Waals surface area contributed by atoms with Crippen LogP contribution in [0.4, 0.5) is 57.1 Å². The summed E-state index contributed by atoms with van der Waals surface area (Å²) in [5, 5.41) is 0. The molecule has 0 saturated heterocycles. The fourth-order valence-corrected chi connectivity index (χ4v) is 4.39. The van der Waals surface area contributed by atoms with Crippen molar-refractivity contribution in [1.82, 2.24) is 0 Å². The third kappa shape index (κ3) is 3.12. The van der Waals surface area contributed by atoms with Crippen molar-refractivity contribution in [2.45, 2.75) is 35.8 Å². The zero-order chi connectivity index (χ0) is 21.1. The summed E-state index contributed by atoms with van der Waals surface area (Å²) in [7, 11) is 0. The molecule has 0 nitrogen and oxygen atoms in total. The smallest absolute Gasteiger partial charge is 0.194 e. The zero-order valence-corrected chi connectivity index (χ0v) is 15.1. The molecule has 0 unspecified atom stereocenters. The first-order valence-corrected chi connectivity index (χ1v) is 7.97. The molecule has 1 aromatic rings. The van der Waals surface area contributed by atoms with Gasteiger partial charge in [0.25, 0.3) is 0 Å². The van der Waals surface area contributed by atoms with Gasteiger partial charge in [0.1, 0.15) is 0 Å². The third-order valence-electron chi connectivity index (χ3n) is 2.93. The number of hydrogen-bond donors (Lipinski definition) is 0. The van der Waals surface area contributed by atoms with E-state index in [0.717, 1.165) is 0 Å². The second kappa shape index (κ2) is 6.39. The predicted molar refractivity (Wildman–Crippen MR) is 69.5 cm³/mol. The van der Waals surface area contributed by atoms with Crippen LogP contribution in [0, 0.1) is 0 Å². The monoisotopic (exact) mass is 558 g/mol. The first kappa shape index (κ1) is 23.8. The van der Waals surface area contributed by atoms with Gasteiger partial charge in [-0.2, -0.15) is 57.1 Å². The number of thiophene rings is 1. The van der Waals surface area contributed by atoms with E-state index in [1.54, 1.807) is 0 Å². The molecule has 0 spiro atoms. The van der Waals surface area contributed by atoms with Gasteiger partial charge in [0.15, 0.2) is 0 Å². The van der Waals surface area contributed by atoms with E-state index in [1.165, 1.54) is 0 Å². The Hall–Kier alpha value is -0.250. The summed E-state index contributed by atoms with van der Waals surface area (Å²) >= 11 is 4.94. The Bertz CT molecular complexity index is 675. The molecule has 0 bridgehead atoms. The lowest BCUT2D eigenvalue weighted by atomic mass is 9.91. The average molecular weight is 560 g/mol. The fraction of sp³-hybridized carbons (Fsp3) is 0.600. The van der Waals surface area contributed by atoms with Crippen molar-refractivity contribution in [3.63, 3.8) is 0 Å². The Labute approximate surface area is 155 Å². The summed E-state index contributed by atoms with van der Waals surface area (Å²) in [6, 6.07) is 0.0821. The van der Waals surface area contributed by atoms with Crippen molar-refractivity contribution in [3.8, 4) is 0 Å². The van der Waals surface area contributed by atoms with Crippen LogP contribution in [0.15, 0.2) is 13.6 Å². The summed E-state index contributed by atoms with van der Waals surface area (Å²) in [4.78, 5) is 0. The number of rotatable bonds is 5. The third-order valence-corrected chi connectivity index (χ3v) is 5.27.